The quantitative estimate of drug-likeness (QED) is 0.673. The summed E-state index contributed by atoms with van der Waals surface area (Å²) in [7, 11) is -3.89. The SMILES string of the molecule is O=C(O)CONC1=CCN(S(=O)(=O)c2ccc(OC(F)(F)F)cc2)CC1. The average molecular weight is 396 g/mol. The van der Waals surface area contributed by atoms with Gasteiger partial charge in [0.05, 0.1) is 4.90 Å². The van der Waals surface area contributed by atoms with Crippen LogP contribution in [0.25, 0.3) is 0 Å². The molecule has 1 aromatic rings. The van der Waals surface area contributed by atoms with Gasteiger partial charge in [0, 0.05) is 25.2 Å². The summed E-state index contributed by atoms with van der Waals surface area (Å²) in [5, 5.41) is 8.46. The van der Waals surface area contributed by atoms with Gasteiger partial charge in [-0.15, -0.1) is 13.2 Å². The Balaban J connectivity index is 2.00. The van der Waals surface area contributed by atoms with Crippen molar-refractivity contribution in [3.05, 3.63) is 36.0 Å². The van der Waals surface area contributed by atoms with Crippen LogP contribution in [0.5, 0.6) is 5.75 Å². The Hall–Kier alpha value is -2.31. The lowest BCUT2D eigenvalue weighted by Gasteiger charge is -2.26. The Morgan fingerprint density at radius 3 is 2.42 bits per heavy atom. The van der Waals surface area contributed by atoms with Gasteiger partial charge in [-0.1, -0.05) is 0 Å². The van der Waals surface area contributed by atoms with Gasteiger partial charge in [0.1, 0.15) is 5.75 Å². The van der Waals surface area contributed by atoms with Crippen LogP contribution in [0, 0.1) is 0 Å². The minimum absolute atomic E-state index is 0.00189. The van der Waals surface area contributed by atoms with Gasteiger partial charge < -0.3 is 9.84 Å². The zero-order valence-corrected chi connectivity index (χ0v) is 14.0. The number of hydrogen-bond acceptors (Lipinski definition) is 6. The van der Waals surface area contributed by atoms with E-state index in [1.54, 1.807) is 0 Å². The first-order valence-electron chi connectivity index (χ1n) is 7.22. The molecule has 0 saturated carbocycles. The third kappa shape index (κ3) is 5.61. The molecule has 1 heterocycles. The molecule has 26 heavy (non-hydrogen) atoms. The van der Waals surface area contributed by atoms with Crippen molar-refractivity contribution in [2.45, 2.75) is 17.7 Å². The van der Waals surface area contributed by atoms with Gasteiger partial charge in [-0.05, 0) is 30.3 Å². The summed E-state index contributed by atoms with van der Waals surface area (Å²) in [6.45, 7) is -0.452. The summed E-state index contributed by atoms with van der Waals surface area (Å²) < 4.78 is 66.2. The zero-order chi connectivity index (χ0) is 19.4. The lowest BCUT2D eigenvalue weighted by Crippen LogP contribution is -2.37. The first kappa shape index (κ1) is 20.0. The number of carboxylic acid groups (broad SMARTS) is 1. The summed E-state index contributed by atoms with van der Waals surface area (Å²) in [5.41, 5.74) is 2.96. The number of nitrogens with one attached hydrogen (secondary N) is 1. The van der Waals surface area contributed by atoms with E-state index in [1.807, 2.05) is 0 Å². The highest BCUT2D eigenvalue weighted by molar-refractivity contribution is 7.89. The predicted molar refractivity (Wildman–Crippen MR) is 81.3 cm³/mol. The molecule has 0 bridgehead atoms. The summed E-state index contributed by atoms with van der Waals surface area (Å²) >= 11 is 0. The maximum absolute atomic E-state index is 12.5. The second-order valence-electron chi connectivity index (χ2n) is 5.15. The fourth-order valence-corrected chi connectivity index (χ4v) is 3.49. The zero-order valence-electron chi connectivity index (χ0n) is 13.2. The second kappa shape index (κ2) is 7.93. The normalized spacial score (nSPS) is 16.0. The minimum atomic E-state index is -4.86. The van der Waals surface area contributed by atoms with Gasteiger partial charge in [-0.2, -0.15) is 4.31 Å². The van der Waals surface area contributed by atoms with Crippen LogP contribution in [-0.2, 0) is 19.7 Å². The molecule has 0 aliphatic carbocycles. The number of nitrogens with zero attached hydrogens (tertiary/aromatic N) is 1. The summed E-state index contributed by atoms with van der Waals surface area (Å²) in [6, 6.07) is 3.91. The smallest absolute Gasteiger partial charge is 0.479 e. The molecular weight excluding hydrogens is 381 g/mol. The van der Waals surface area contributed by atoms with Crippen LogP contribution in [-0.4, -0.2) is 49.9 Å². The second-order valence-corrected chi connectivity index (χ2v) is 7.08. The number of carboxylic acids is 1. The predicted octanol–water partition coefficient (Wildman–Crippen LogP) is 1.47. The number of rotatable bonds is 7. The Morgan fingerprint density at radius 1 is 1.27 bits per heavy atom. The fourth-order valence-electron chi connectivity index (χ4n) is 2.11. The van der Waals surface area contributed by atoms with Crippen LogP contribution in [0.2, 0.25) is 0 Å². The molecule has 0 atom stereocenters. The molecule has 0 spiro atoms. The molecule has 0 radical (unpaired) electrons. The van der Waals surface area contributed by atoms with Gasteiger partial charge >= 0.3 is 12.3 Å². The summed E-state index contributed by atoms with van der Waals surface area (Å²) in [6.07, 6.45) is -3.08. The van der Waals surface area contributed by atoms with Gasteiger partial charge in [0.25, 0.3) is 0 Å². The number of aliphatic carboxylic acids is 1. The van der Waals surface area contributed by atoms with Crippen LogP contribution >= 0.6 is 0 Å². The molecule has 12 heteroatoms. The fraction of sp³-hybridized carbons (Fsp3) is 0.357. The van der Waals surface area contributed by atoms with E-state index < -0.39 is 34.7 Å². The maximum Gasteiger partial charge on any atom is 0.573 e. The van der Waals surface area contributed by atoms with Gasteiger partial charge in [-0.3, -0.25) is 10.3 Å². The van der Waals surface area contributed by atoms with E-state index in [2.05, 4.69) is 10.2 Å². The number of benzene rings is 1. The summed E-state index contributed by atoms with van der Waals surface area (Å²) in [4.78, 5) is 14.9. The standard InChI is InChI=1S/C14H15F3N2O6S/c15-14(16,17)25-11-1-3-12(4-2-11)26(22,23)19-7-5-10(6-8-19)18-24-9-13(20)21/h1-5,18H,6-9H2,(H,20,21). The molecule has 2 N–H and O–H groups in total. The van der Waals surface area contributed by atoms with Gasteiger partial charge in [-0.25, -0.2) is 13.2 Å². The molecule has 0 unspecified atom stereocenters. The van der Waals surface area contributed by atoms with Gasteiger partial charge in [0.15, 0.2) is 6.61 Å². The van der Waals surface area contributed by atoms with E-state index in [1.165, 1.54) is 6.08 Å². The van der Waals surface area contributed by atoms with Crippen molar-refractivity contribution < 1.29 is 41.1 Å². The molecule has 8 nitrogen and oxygen atoms in total. The van der Waals surface area contributed by atoms with Crippen LogP contribution < -0.4 is 10.2 Å². The van der Waals surface area contributed by atoms with Crippen molar-refractivity contribution in [1.29, 1.82) is 0 Å². The lowest BCUT2D eigenvalue weighted by molar-refractivity contribution is -0.274. The Morgan fingerprint density at radius 2 is 1.92 bits per heavy atom. The lowest BCUT2D eigenvalue weighted by atomic mass is 10.2. The van der Waals surface area contributed by atoms with Crippen molar-refractivity contribution in [2.75, 3.05) is 19.7 Å². The van der Waals surface area contributed by atoms with E-state index >= 15 is 0 Å². The van der Waals surface area contributed by atoms with E-state index in [4.69, 9.17) is 9.94 Å². The number of carbonyl (C=O) groups is 1. The molecule has 2 rings (SSSR count). The highest BCUT2D eigenvalue weighted by Crippen LogP contribution is 2.26. The van der Waals surface area contributed by atoms with Crippen molar-refractivity contribution in [1.82, 2.24) is 9.79 Å². The topological polar surface area (TPSA) is 105 Å². The Bertz CT molecular complexity index is 777. The highest BCUT2D eigenvalue weighted by Gasteiger charge is 2.31. The summed E-state index contributed by atoms with van der Waals surface area (Å²) in [5.74, 6) is -1.67. The van der Waals surface area contributed by atoms with E-state index in [0.29, 0.717) is 5.70 Å². The van der Waals surface area contributed by atoms with Crippen molar-refractivity contribution in [3.8, 4) is 5.75 Å². The average Bonchev–Trinajstić information content (AvgIpc) is 2.54. The number of halogens is 3. The van der Waals surface area contributed by atoms with E-state index in [0.717, 1.165) is 28.6 Å². The number of ether oxygens (including phenoxy) is 1. The molecule has 0 amide bonds. The first-order chi connectivity index (χ1) is 12.1. The van der Waals surface area contributed by atoms with Crippen LogP contribution in [0.1, 0.15) is 6.42 Å². The molecular formula is C14H15F3N2O6S. The maximum atomic E-state index is 12.5. The first-order valence-corrected chi connectivity index (χ1v) is 8.66. The van der Waals surface area contributed by atoms with Crippen LogP contribution in [0.4, 0.5) is 13.2 Å². The number of hydrogen-bond donors (Lipinski definition) is 2. The van der Waals surface area contributed by atoms with Crippen molar-refractivity contribution >= 4 is 16.0 Å². The molecule has 1 aliphatic heterocycles. The number of sulfonamides is 1. The van der Waals surface area contributed by atoms with Crippen LogP contribution in [0.3, 0.4) is 0 Å². The molecule has 1 aromatic carbocycles. The largest absolute Gasteiger partial charge is 0.573 e. The number of hydroxylamine groups is 1. The third-order valence-electron chi connectivity index (χ3n) is 3.27. The third-order valence-corrected chi connectivity index (χ3v) is 5.15. The molecule has 0 saturated heterocycles. The van der Waals surface area contributed by atoms with Gasteiger partial charge in [0.2, 0.25) is 10.0 Å². The minimum Gasteiger partial charge on any atom is -0.479 e. The Kier molecular flexibility index (Phi) is 6.10. The van der Waals surface area contributed by atoms with E-state index in [9.17, 15) is 26.4 Å². The van der Waals surface area contributed by atoms with Crippen molar-refractivity contribution in [2.24, 2.45) is 0 Å². The molecule has 0 aromatic heterocycles. The molecule has 1 aliphatic rings. The Labute approximate surface area is 146 Å². The molecule has 0 fully saturated rings. The number of alkyl halides is 3. The monoisotopic (exact) mass is 396 g/mol. The van der Waals surface area contributed by atoms with E-state index in [-0.39, 0.29) is 24.4 Å². The highest BCUT2D eigenvalue weighted by atomic mass is 32.2. The van der Waals surface area contributed by atoms with Crippen LogP contribution in [0.15, 0.2) is 40.9 Å². The van der Waals surface area contributed by atoms with Crippen molar-refractivity contribution in [3.63, 3.8) is 0 Å². The molecule has 144 valence electrons.